The minimum Gasteiger partial charge on any atom is -0.138 e. The van der Waals surface area contributed by atoms with Crippen LogP contribution in [0, 0.1) is 0 Å². The molecule has 0 saturated carbocycles. The van der Waals surface area contributed by atoms with Crippen molar-refractivity contribution in [1.82, 2.24) is 10.2 Å². The van der Waals surface area contributed by atoms with Gasteiger partial charge in [-0.15, -0.1) is 10.2 Å². The first kappa shape index (κ1) is 23.7. The zero-order valence-corrected chi connectivity index (χ0v) is 20.2. The second-order valence-corrected chi connectivity index (χ2v) is 9.61. The molecule has 0 spiro atoms. The monoisotopic (exact) mass is 434 g/mol. The second-order valence-electron chi connectivity index (χ2n) is 8.63. The van der Waals surface area contributed by atoms with Crippen molar-refractivity contribution < 1.29 is 0 Å². The van der Waals surface area contributed by atoms with E-state index in [0.717, 1.165) is 10.0 Å². The molecule has 0 saturated heterocycles. The Morgan fingerprint density at radius 3 is 1.29 bits per heavy atom. The number of rotatable bonds is 14. The number of hydrogen-bond acceptors (Lipinski definition) is 3. The van der Waals surface area contributed by atoms with Gasteiger partial charge in [0, 0.05) is 11.1 Å². The summed E-state index contributed by atoms with van der Waals surface area (Å²) in [6.07, 6.45) is 15.7. The Morgan fingerprint density at radius 2 is 0.903 bits per heavy atom. The summed E-state index contributed by atoms with van der Waals surface area (Å²) >= 11 is 1.68. The van der Waals surface area contributed by atoms with Gasteiger partial charge in [-0.05, 0) is 36.8 Å². The van der Waals surface area contributed by atoms with E-state index in [1.54, 1.807) is 11.3 Å². The van der Waals surface area contributed by atoms with Crippen LogP contribution < -0.4 is 0 Å². The molecule has 0 bridgehead atoms. The van der Waals surface area contributed by atoms with Crippen LogP contribution in [-0.2, 0) is 12.8 Å². The van der Waals surface area contributed by atoms with Crippen LogP contribution in [-0.4, -0.2) is 10.2 Å². The van der Waals surface area contributed by atoms with E-state index in [0.29, 0.717) is 0 Å². The summed E-state index contributed by atoms with van der Waals surface area (Å²) in [4.78, 5) is 0. The van der Waals surface area contributed by atoms with E-state index in [4.69, 9.17) is 0 Å². The van der Waals surface area contributed by atoms with Gasteiger partial charge in [0.1, 0.15) is 10.0 Å². The van der Waals surface area contributed by atoms with E-state index >= 15 is 0 Å². The predicted molar refractivity (Wildman–Crippen MR) is 136 cm³/mol. The highest BCUT2D eigenvalue weighted by Crippen LogP contribution is 2.30. The van der Waals surface area contributed by atoms with Crippen molar-refractivity contribution >= 4 is 11.3 Å². The summed E-state index contributed by atoms with van der Waals surface area (Å²) in [7, 11) is 0. The molecule has 0 amide bonds. The number of aromatic nitrogens is 2. The van der Waals surface area contributed by atoms with Crippen molar-refractivity contribution in [3.8, 4) is 21.1 Å². The van der Waals surface area contributed by atoms with Gasteiger partial charge < -0.3 is 0 Å². The highest BCUT2D eigenvalue weighted by atomic mass is 32.1. The van der Waals surface area contributed by atoms with Crippen LogP contribution in [0.15, 0.2) is 48.5 Å². The molecule has 0 fully saturated rings. The summed E-state index contributed by atoms with van der Waals surface area (Å²) in [6, 6.07) is 17.8. The normalized spacial score (nSPS) is 11.2. The Hall–Kier alpha value is -2.00. The second kappa shape index (κ2) is 13.4. The Bertz CT molecular complexity index is 793. The quantitative estimate of drug-likeness (QED) is 0.237. The number of benzene rings is 2. The third-order valence-corrected chi connectivity index (χ3v) is 6.99. The van der Waals surface area contributed by atoms with Crippen molar-refractivity contribution in [2.45, 2.75) is 90.9 Å². The number of aryl methyl sites for hydroxylation is 2. The molecule has 0 unspecified atom stereocenters. The lowest BCUT2D eigenvalue weighted by molar-refractivity contribution is 0.632. The Kier molecular flexibility index (Phi) is 10.2. The first-order valence-electron chi connectivity index (χ1n) is 12.3. The molecule has 0 aliphatic heterocycles. The SMILES string of the molecule is CCCCCCCc1ccc(-c2nnc(-c3ccc(CCCCCCC)cc3)s2)cc1. The van der Waals surface area contributed by atoms with E-state index in [9.17, 15) is 0 Å². The van der Waals surface area contributed by atoms with Crippen molar-refractivity contribution in [2.75, 3.05) is 0 Å². The Labute approximate surface area is 193 Å². The van der Waals surface area contributed by atoms with Crippen molar-refractivity contribution in [2.24, 2.45) is 0 Å². The molecule has 3 aromatic rings. The third kappa shape index (κ3) is 7.88. The molecule has 0 atom stereocenters. The fourth-order valence-corrected chi connectivity index (χ4v) is 4.80. The van der Waals surface area contributed by atoms with E-state index in [1.807, 2.05) is 0 Å². The molecule has 31 heavy (non-hydrogen) atoms. The molecular weight excluding hydrogens is 396 g/mol. The third-order valence-electron chi connectivity index (χ3n) is 5.96. The van der Waals surface area contributed by atoms with E-state index in [2.05, 4.69) is 72.6 Å². The van der Waals surface area contributed by atoms with Crippen LogP contribution in [0.25, 0.3) is 21.1 Å². The maximum absolute atomic E-state index is 4.46. The van der Waals surface area contributed by atoms with Crippen molar-refractivity contribution in [3.05, 3.63) is 59.7 Å². The van der Waals surface area contributed by atoms with Crippen LogP contribution in [0.2, 0.25) is 0 Å². The highest BCUT2D eigenvalue weighted by Gasteiger charge is 2.09. The Balaban J connectivity index is 1.51. The summed E-state index contributed by atoms with van der Waals surface area (Å²) < 4.78 is 0. The molecule has 3 rings (SSSR count). The molecule has 0 radical (unpaired) electrons. The molecule has 0 aliphatic carbocycles. The van der Waals surface area contributed by atoms with E-state index in [1.165, 1.54) is 99.3 Å². The van der Waals surface area contributed by atoms with Gasteiger partial charge in [0.15, 0.2) is 0 Å². The van der Waals surface area contributed by atoms with Gasteiger partial charge in [-0.25, -0.2) is 0 Å². The molecule has 1 aromatic heterocycles. The summed E-state index contributed by atoms with van der Waals surface area (Å²) in [5.41, 5.74) is 5.19. The summed E-state index contributed by atoms with van der Waals surface area (Å²) in [5, 5.41) is 10.9. The van der Waals surface area contributed by atoms with Gasteiger partial charge in [0.25, 0.3) is 0 Å². The predicted octanol–water partition coefficient (Wildman–Crippen LogP) is 8.90. The first-order chi connectivity index (χ1) is 15.3. The summed E-state index contributed by atoms with van der Waals surface area (Å²) in [5.74, 6) is 0. The zero-order valence-electron chi connectivity index (χ0n) is 19.4. The Morgan fingerprint density at radius 1 is 0.516 bits per heavy atom. The zero-order chi connectivity index (χ0) is 21.7. The molecular formula is C28H38N2S. The average molecular weight is 435 g/mol. The standard InChI is InChI=1S/C28H38N2S/c1-3-5-7-9-11-13-23-15-19-25(20-16-23)27-29-30-28(31-27)26-21-17-24(18-22-26)14-12-10-8-6-4-2/h15-22H,3-14H2,1-2H3. The minimum absolute atomic E-state index is 1.00. The molecule has 2 aromatic carbocycles. The topological polar surface area (TPSA) is 25.8 Å². The minimum atomic E-state index is 1.00. The van der Waals surface area contributed by atoms with Gasteiger partial charge in [-0.2, -0.15) is 0 Å². The lowest BCUT2D eigenvalue weighted by Crippen LogP contribution is -1.86. The van der Waals surface area contributed by atoms with Crippen LogP contribution in [0.1, 0.15) is 89.2 Å². The molecule has 3 heteroatoms. The van der Waals surface area contributed by atoms with Gasteiger partial charge in [0.2, 0.25) is 0 Å². The van der Waals surface area contributed by atoms with E-state index in [-0.39, 0.29) is 0 Å². The maximum atomic E-state index is 4.46. The van der Waals surface area contributed by atoms with Crippen molar-refractivity contribution in [3.63, 3.8) is 0 Å². The molecule has 0 N–H and O–H groups in total. The van der Waals surface area contributed by atoms with Gasteiger partial charge in [0.05, 0.1) is 0 Å². The molecule has 1 heterocycles. The van der Waals surface area contributed by atoms with E-state index < -0.39 is 0 Å². The number of nitrogens with zero attached hydrogens (tertiary/aromatic N) is 2. The molecule has 0 aliphatic rings. The van der Waals surface area contributed by atoms with Gasteiger partial charge in [-0.1, -0.05) is 125 Å². The van der Waals surface area contributed by atoms with Gasteiger partial charge in [-0.3, -0.25) is 0 Å². The van der Waals surface area contributed by atoms with Crippen LogP contribution in [0.4, 0.5) is 0 Å². The number of unbranched alkanes of at least 4 members (excludes halogenated alkanes) is 8. The largest absolute Gasteiger partial charge is 0.148 e. The fraction of sp³-hybridized carbons (Fsp3) is 0.500. The maximum Gasteiger partial charge on any atom is 0.148 e. The lowest BCUT2D eigenvalue weighted by Gasteiger charge is -2.03. The average Bonchev–Trinajstić information content (AvgIpc) is 3.30. The number of hydrogen-bond donors (Lipinski definition) is 0. The van der Waals surface area contributed by atoms with Gasteiger partial charge >= 0.3 is 0 Å². The van der Waals surface area contributed by atoms with Crippen LogP contribution in [0.5, 0.6) is 0 Å². The fourth-order valence-electron chi connectivity index (χ4n) is 3.95. The molecule has 2 nitrogen and oxygen atoms in total. The molecule has 166 valence electrons. The first-order valence-corrected chi connectivity index (χ1v) is 13.1. The lowest BCUT2D eigenvalue weighted by atomic mass is 10.0. The smallest absolute Gasteiger partial charge is 0.138 e. The summed E-state index contributed by atoms with van der Waals surface area (Å²) in [6.45, 7) is 4.53. The van der Waals surface area contributed by atoms with Crippen LogP contribution in [0.3, 0.4) is 0 Å². The highest BCUT2D eigenvalue weighted by molar-refractivity contribution is 7.17. The van der Waals surface area contributed by atoms with Crippen molar-refractivity contribution in [1.29, 1.82) is 0 Å². The van der Waals surface area contributed by atoms with Crippen LogP contribution >= 0.6 is 11.3 Å².